The molecule has 1 atom stereocenters. The third-order valence-corrected chi connectivity index (χ3v) is 2.73. The number of rotatable bonds is 11. The van der Waals surface area contributed by atoms with Gasteiger partial charge in [-0.1, -0.05) is 20.3 Å². The number of carbonyl (C=O) groups excluding carboxylic acids is 1. The summed E-state index contributed by atoms with van der Waals surface area (Å²) in [4.78, 5) is 13.0. The fourth-order valence-corrected chi connectivity index (χ4v) is 1.55. The van der Waals surface area contributed by atoms with Crippen molar-refractivity contribution in [3.8, 4) is 0 Å². The van der Waals surface area contributed by atoms with Crippen LogP contribution in [-0.4, -0.2) is 62.0 Å². The molecule has 0 radical (unpaired) electrons. The van der Waals surface area contributed by atoms with Gasteiger partial charge >= 0.3 is 5.97 Å². The average molecular weight is 261 g/mol. The van der Waals surface area contributed by atoms with E-state index in [2.05, 4.69) is 11.7 Å². The number of esters is 1. The Kier molecular flexibility index (Phi) is 11.0. The number of hydrogen-bond acceptors (Lipinski definition) is 5. The molecule has 0 spiro atoms. The lowest BCUT2D eigenvalue weighted by molar-refractivity contribution is -0.141. The lowest BCUT2D eigenvalue weighted by Crippen LogP contribution is -2.36. The van der Waals surface area contributed by atoms with Gasteiger partial charge in [0.15, 0.2) is 0 Å². The quantitative estimate of drug-likeness (QED) is 0.445. The second-order valence-corrected chi connectivity index (χ2v) is 4.30. The van der Waals surface area contributed by atoms with Crippen LogP contribution in [0.1, 0.15) is 33.1 Å². The van der Waals surface area contributed by atoms with Crippen molar-refractivity contribution in [3.05, 3.63) is 0 Å². The van der Waals surface area contributed by atoms with Gasteiger partial charge in [-0.25, -0.2) is 0 Å². The van der Waals surface area contributed by atoms with Crippen molar-refractivity contribution >= 4 is 5.97 Å². The van der Waals surface area contributed by atoms with E-state index >= 15 is 0 Å². The van der Waals surface area contributed by atoms with E-state index in [1.807, 2.05) is 11.8 Å². The van der Waals surface area contributed by atoms with E-state index in [4.69, 9.17) is 4.74 Å². The van der Waals surface area contributed by atoms with E-state index in [0.717, 1.165) is 19.4 Å². The van der Waals surface area contributed by atoms with Gasteiger partial charge in [0.05, 0.1) is 26.2 Å². The van der Waals surface area contributed by atoms with Crippen LogP contribution in [-0.2, 0) is 14.3 Å². The van der Waals surface area contributed by atoms with Crippen molar-refractivity contribution in [2.45, 2.75) is 39.2 Å². The van der Waals surface area contributed by atoms with Crippen LogP contribution >= 0.6 is 0 Å². The van der Waals surface area contributed by atoms with Crippen LogP contribution in [0.15, 0.2) is 0 Å². The highest BCUT2D eigenvalue weighted by atomic mass is 16.5. The van der Waals surface area contributed by atoms with Gasteiger partial charge in [0, 0.05) is 19.7 Å². The minimum atomic E-state index is -0.501. The number of unbranched alkanes of at least 4 members (excludes halogenated alkanes) is 1. The van der Waals surface area contributed by atoms with Crippen LogP contribution in [0.5, 0.6) is 0 Å². The monoisotopic (exact) mass is 261 g/mol. The van der Waals surface area contributed by atoms with E-state index in [1.165, 1.54) is 7.11 Å². The molecule has 0 rings (SSSR count). The number of likely N-dealkylation sites (N-methyl/N-ethyl adjacent to an activating group) is 1. The maximum Gasteiger partial charge on any atom is 0.306 e. The summed E-state index contributed by atoms with van der Waals surface area (Å²) in [6, 6.07) is 0. The molecule has 0 aliphatic carbocycles. The Bertz CT molecular complexity index is 211. The Morgan fingerprint density at radius 2 is 2.11 bits per heavy atom. The van der Waals surface area contributed by atoms with Crippen LogP contribution in [0.3, 0.4) is 0 Å². The molecule has 1 unspecified atom stereocenters. The zero-order valence-electron chi connectivity index (χ0n) is 11.9. The summed E-state index contributed by atoms with van der Waals surface area (Å²) in [6.07, 6.45) is 1.97. The van der Waals surface area contributed by atoms with Gasteiger partial charge in [-0.15, -0.1) is 0 Å². The third-order valence-electron chi connectivity index (χ3n) is 2.73. The van der Waals surface area contributed by atoms with E-state index in [9.17, 15) is 9.90 Å². The number of nitrogens with zero attached hydrogens (tertiary/aromatic N) is 1. The van der Waals surface area contributed by atoms with Gasteiger partial charge in [0.1, 0.15) is 0 Å². The minimum Gasteiger partial charge on any atom is -0.469 e. The maximum absolute atomic E-state index is 11.0. The highest BCUT2D eigenvalue weighted by Gasteiger charge is 2.12. The Morgan fingerprint density at radius 3 is 2.67 bits per heavy atom. The molecule has 18 heavy (non-hydrogen) atoms. The second-order valence-electron chi connectivity index (χ2n) is 4.30. The van der Waals surface area contributed by atoms with Crippen molar-refractivity contribution in [3.63, 3.8) is 0 Å². The highest BCUT2D eigenvalue weighted by molar-refractivity contribution is 5.69. The molecule has 0 aromatic carbocycles. The maximum atomic E-state index is 11.0. The molecule has 0 aromatic rings. The Hall–Kier alpha value is -0.650. The van der Waals surface area contributed by atoms with E-state index in [-0.39, 0.29) is 5.97 Å². The molecule has 0 amide bonds. The van der Waals surface area contributed by atoms with Gasteiger partial charge < -0.3 is 19.5 Å². The lowest BCUT2D eigenvalue weighted by Gasteiger charge is -2.23. The van der Waals surface area contributed by atoms with Crippen molar-refractivity contribution in [1.82, 2.24) is 4.90 Å². The molecule has 108 valence electrons. The number of aliphatic hydroxyl groups excluding tert-OH is 1. The summed E-state index contributed by atoms with van der Waals surface area (Å²) in [5.74, 6) is -0.220. The largest absolute Gasteiger partial charge is 0.469 e. The summed E-state index contributed by atoms with van der Waals surface area (Å²) in [5.41, 5.74) is 0. The van der Waals surface area contributed by atoms with Gasteiger partial charge in [0.25, 0.3) is 0 Å². The summed E-state index contributed by atoms with van der Waals surface area (Å²) in [5, 5.41) is 9.79. The molecule has 0 aliphatic rings. The predicted octanol–water partition coefficient (Wildman–Crippen LogP) is 1.05. The van der Waals surface area contributed by atoms with E-state index in [0.29, 0.717) is 32.7 Å². The average Bonchev–Trinajstić information content (AvgIpc) is 2.39. The standard InChI is InChI=1S/C13H27NO4/c1-4-6-9-18-11-12(15)10-14(5-2)8-7-13(16)17-3/h12,15H,4-11H2,1-3H3. The third kappa shape index (κ3) is 9.39. The topological polar surface area (TPSA) is 59.0 Å². The summed E-state index contributed by atoms with van der Waals surface area (Å²) in [6.45, 7) is 7.09. The van der Waals surface area contributed by atoms with Crippen LogP contribution in [0.2, 0.25) is 0 Å². The molecule has 0 fully saturated rings. The van der Waals surface area contributed by atoms with Crippen molar-refractivity contribution in [2.24, 2.45) is 0 Å². The number of aliphatic hydroxyl groups is 1. The molecule has 1 N–H and O–H groups in total. The molecular weight excluding hydrogens is 234 g/mol. The second kappa shape index (κ2) is 11.4. The zero-order valence-corrected chi connectivity index (χ0v) is 11.9. The van der Waals surface area contributed by atoms with Gasteiger partial charge in [-0.3, -0.25) is 4.79 Å². The summed E-state index contributed by atoms with van der Waals surface area (Å²) in [7, 11) is 1.38. The highest BCUT2D eigenvalue weighted by Crippen LogP contribution is 1.98. The van der Waals surface area contributed by atoms with E-state index < -0.39 is 6.10 Å². The van der Waals surface area contributed by atoms with Crippen LogP contribution < -0.4 is 0 Å². The van der Waals surface area contributed by atoms with Gasteiger partial charge in [-0.05, 0) is 13.0 Å². The van der Waals surface area contributed by atoms with Crippen molar-refractivity contribution in [1.29, 1.82) is 0 Å². The molecule has 5 heteroatoms. The molecular formula is C13H27NO4. The fourth-order valence-electron chi connectivity index (χ4n) is 1.55. The zero-order chi connectivity index (χ0) is 13.8. The van der Waals surface area contributed by atoms with Crippen molar-refractivity contribution in [2.75, 3.05) is 40.0 Å². The van der Waals surface area contributed by atoms with Crippen LogP contribution in [0.4, 0.5) is 0 Å². The first-order valence-electron chi connectivity index (χ1n) is 6.68. The molecule has 0 saturated heterocycles. The normalized spacial score (nSPS) is 12.7. The number of methoxy groups -OCH3 is 1. The molecule has 0 saturated carbocycles. The Morgan fingerprint density at radius 1 is 1.39 bits per heavy atom. The smallest absolute Gasteiger partial charge is 0.306 e. The van der Waals surface area contributed by atoms with E-state index in [1.54, 1.807) is 0 Å². The Balaban J connectivity index is 3.71. The first-order chi connectivity index (χ1) is 8.63. The first kappa shape index (κ1) is 17.4. The molecule has 5 nitrogen and oxygen atoms in total. The lowest BCUT2D eigenvalue weighted by atomic mass is 10.3. The van der Waals surface area contributed by atoms with Gasteiger partial charge in [0.2, 0.25) is 0 Å². The minimum absolute atomic E-state index is 0.220. The molecule has 0 bridgehead atoms. The van der Waals surface area contributed by atoms with Crippen LogP contribution in [0, 0.1) is 0 Å². The summed E-state index contributed by atoms with van der Waals surface area (Å²) < 4.78 is 9.95. The van der Waals surface area contributed by atoms with Gasteiger partial charge in [-0.2, -0.15) is 0 Å². The number of carbonyl (C=O) groups is 1. The molecule has 0 aliphatic heterocycles. The number of ether oxygens (including phenoxy) is 2. The fraction of sp³-hybridized carbons (Fsp3) is 0.923. The van der Waals surface area contributed by atoms with Crippen LogP contribution in [0.25, 0.3) is 0 Å². The summed E-state index contributed by atoms with van der Waals surface area (Å²) >= 11 is 0. The first-order valence-corrected chi connectivity index (χ1v) is 6.68. The van der Waals surface area contributed by atoms with Crippen molar-refractivity contribution < 1.29 is 19.4 Å². The molecule has 0 aromatic heterocycles. The molecule has 0 heterocycles. The SMILES string of the molecule is CCCCOCC(O)CN(CC)CCC(=O)OC. The predicted molar refractivity (Wildman–Crippen MR) is 70.5 cm³/mol. The Labute approximate surface area is 110 Å². The number of hydrogen-bond donors (Lipinski definition) is 1.